The lowest BCUT2D eigenvalue weighted by atomic mass is 9.99. The Hall–Kier alpha value is -3.17. The van der Waals surface area contributed by atoms with Crippen LogP contribution in [-0.2, 0) is 22.5 Å². The first-order chi connectivity index (χ1) is 13.8. The number of hydrogen-bond donors (Lipinski definition) is 1. The Morgan fingerprint density at radius 2 is 2.17 bits per heavy atom. The van der Waals surface area contributed by atoms with Gasteiger partial charge in [0, 0.05) is 6.20 Å². The third kappa shape index (κ3) is 3.50. The van der Waals surface area contributed by atoms with Gasteiger partial charge in [0.2, 0.25) is 0 Å². The highest BCUT2D eigenvalue weighted by atomic mass is 19.3. The fourth-order valence-electron chi connectivity index (χ4n) is 3.48. The molecule has 0 bridgehead atoms. The van der Waals surface area contributed by atoms with Crippen LogP contribution in [0.15, 0.2) is 24.4 Å². The second kappa shape index (κ2) is 7.34. The van der Waals surface area contributed by atoms with Crippen LogP contribution in [-0.4, -0.2) is 52.4 Å². The molecule has 8 nitrogen and oxygen atoms in total. The normalized spacial score (nSPS) is 19.2. The van der Waals surface area contributed by atoms with E-state index in [2.05, 4.69) is 4.98 Å². The third-order valence-electron chi connectivity index (χ3n) is 5.05. The van der Waals surface area contributed by atoms with Crippen molar-refractivity contribution < 1.29 is 33.0 Å². The van der Waals surface area contributed by atoms with E-state index in [0.717, 1.165) is 10.5 Å². The lowest BCUT2D eigenvalue weighted by molar-refractivity contribution is -0.141. The number of halogens is 2. The number of rotatable bonds is 5. The summed E-state index contributed by atoms with van der Waals surface area (Å²) >= 11 is 0. The predicted octanol–water partition coefficient (Wildman–Crippen LogP) is 2.80. The maximum Gasteiger partial charge on any atom is 0.416 e. The van der Waals surface area contributed by atoms with Crippen molar-refractivity contribution in [3.8, 4) is 17.1 Å². The van der Waals surface area contributed by atoms with Gasteiger partial charge in [-0.15, -0.1) is 0 Å². The molecule has 1 saturated heterocycles. The predicted molar refractivity (Wildman–Crippen MR) is 97.3 cm³/mol. The van der Waals surface area contributed by atoms with Crippen LogP contribution in [0, 0.1) is 5.92 Å². The van der Waals surface area contributed by atoms with Crippen LogP contribution < -0.4 is 9.64 Å². The van der Waals surface area contributed by atoms with Crippen LogP contribution in [0.5, 0.6) is 5.75 Å². The molecule has 10 heteroatoms. The molecule has 2 atom stereocenters. The van der Waals surface area contributed by atoms with Crippen molar-refractivity contribution in [3.05, 3.63) is 30.0 Å². The van der Waals surface area contributed by atoms with Gasteiger partial charge in [-0.3, -0.25) is 4.79 Å². The first-order valence-corrected chi connectivity index (χ1v) is 9.15. The standard InChI is InChI=1S/C19H19F2N3O5/c1-10(18(25)26)6-11-2-3-12-14(7-11)28-5-4-23-8-15(22-17(12)23)24-13(16(20)21)9-29-19(24)27/h2-3,7-8,10,13,16H,4-6,9H2,1H3,(H,25,26)/t10-,13+/m1/s1. The summed E-state index contributed by atoms with van der Waals surface area (Å²) in [6.45, 7) is 1.97. The largest absolute Gasteiger partial charge is 0.491 e. The third-order valence-corrected chi connectivity index (χ3v) is 5.05. The highest BCUT2D eigenvalue weighted by molar-refractivity contribution is 5.89. The number of benzene rings is 1. The number of cyclic esters (lactones) is 1. The molecule has 0 spiro atoms. The SMILES string of the molecule is C[C@H](Cc1ccc2c(c1)OCCn1cc(N3C(=O)OC[C@H]3C(F)F)nc1-2)C(=O)O. The lowest BCUT2D eigenvalue weighted by Crippen LogP contribution is -2.38. The number of fused-ring (bicyclic) bond motifs is 3. The van der Waals surface area contributed by atoms with E-state index in [4.69, 9.17) is 14.6 Å². The zero-order valence-electron chi connectivity index (χ0n) is 15.5. The molecule has 1 N–H and O–H groups in total. The van der Waals surface area contributed by atoms with Crippen molar-refractivity contribution in [1.82, 2.24) is 9.55 Å². The minimum Gasteiger partial charge on any atom is -0.491 e. The summed E-state index contributed by atoms with van der Waals surface area (Å²) in [7, 11) is 0. The minimum atomic E-state index is -2.75. The first-order valence-electron chi connectivity index (χ1n) is 9.15. The van der Waals surface area contributed by atoms with E-state index < -0.39 is 30.4 Å². The van der Waals surface area contributed by atoms with Gasteiger partial charge in [-0.2, -0.15) is 0 Å². The van der Waals surface area contributed by atoms with Crippen LogP contribution in [0.2, 0.25) is 0 Å². The Bertz CT molecular complexity index is 961. The Morgan fingerprint density at radius 1 is 1.38 bits per heavy atom. The summed E-state index contributed by atoms with van der Waals surface area (Å²) < 4.78 is 38.8. The molecule has 3 heterocycles. The zero-order valence-corrected chi connectivity index (χ0v) is 15.5. The molecule has 0 saturated carbocycles. The molecular formula is C19H19F2N3O5. The Labute approximate surface area is 164 Å². The Morgan fingerprint density at radius 3 is 2.90 bits per heavy atom. The molecule has 0 radical (unpaired) electrons. The monoisotopic (exact) mass is 407 g/mol. The number of aliphatic carboxylic acids is 1. The van der Waals surface area contributed by atoms with Gasteiger partial charge < -0.3 is 19.1 Å². The van der Waals surface area contributed by atoms with E-state index in [0.29, 0.717) is 36.7 Å². The number of hydrogen-bond acceptors (Lipinski definition) is 5. The molecule has 2 aliphatic rings. The number of imidazole rings is 1. The molecule has 2 aliphatic heterocycles. The fraction of sp³-hybridized carbons (Fsp3) is 0.421. The van der Waals surface area contributed by atoms with E-state index >= 15 is 0 Å². The Kier molecular flexibility index (Phi) is 4.85. The maximum atomic E-state index is 13.3. The lowest BCUT2D eigenvalue weighted by Gasteiger charge is -2.17. The summed E-state index contributed by atoms with van der Waals surface area (Å²) in [5.74, 6) is -0.306. The number of anilines is 1. The molecule has 1 aromatic carbocycles. The minimum absolute atomic E-state index is 0.101. The van der Waals surface area contributed by atoms with Gasteiger partial charge in [0.25, 0.3) is 6.43 Å². The van der Waals surface area contributed by atoms with Gasteiger partial charge in [0.1, 0.15) is 30.8 Å². The topological polar surface area (TPSA) is 93.9 Å². The smallest absolute Gasteiger partial charge is 0.416 e. The van der Waals surface area contributed by atoms with Gasteiger partial charge in [-0.1, -0.05) is 13.0 Å². The number of carbonyl (C=O) groups excluding carboxylic acids is 1. The second-order valence-corrected chi connectivity index (χ2v) is 7.09. The molecule has 4 rings (SSSR count). The van der Waals surface area contributed by atoms with E-state index in [-0.39, 0.29) is 12.4 Å². The maximum absolute atomic E-state index is 13.3. The van der Waals surface area contributed by atoms with Gasteiger partial charge in [0.05, 0.1) is 18.0 Å². The number of nitrogens with zero attached hydrogens (tertiary/aromatic N) is 3. The first kappa shape index (κ1) is 19.2. The molecular weight excluding hydrogens is 388 g/mol. The number of amides is 1. The van der Waals surface area contributed by atoms with Crippen molar-refractivity contribution in [2.24, 2.45) is 5.92 Å². The van der Waals surface area contributed by atoms with Gasteiger partial charge >= 0.3 is 12.1 Å². The van der Waals surface area contributed by atoms with E-state index in [1.807, 2.05) is 0 Å². The van der Waals surface area contributed by atoms with E-state index in [9.17, 15) is 18.4 Å². The molecule has 0 unspecified atom stereocenters. The molecule has 154 valence electrons. The summed E-state index contributed by atoms with van der Waals surface area (Å²) in [5.41, 5.74) is 1.45. The van der Waals surface area contributed by atoms with Crippen molar-refractivity contribution in [3.63, 3.8) is 0 Å². The van der Waals surface area contributed by atoms with E-state index in [1.165, 1.54) is 6.20 Å². The molecule has 0 aliphatic carbocycles. The number of carboxylic acids is 1. The summed E-state index contributed by atoms with van der Waals surface area (Å²) in [4.78, 5) is 28.4. The van der Waals surface area contributed by atoms with Crippen LogP contribution in [0.3, 0.4) is 0 Å². The van der Waals surface area contributed by atoms with Crippen molar-refractivity contribution >= 4 is 17.9 Å². The summed E-state index contributed by atoms with van der Waals surface area (Å²) in [6.07, 6.45) is -1.72. The highest BCUT2D eigenvalue weighted by Gasteiger charge is 2.42. The number of carbonyl (C=O) groups is 2. The van der Waals surface area contributed by atoms with Gasteiger partial charge in [-0.25, -0.2) is 23.5 Å². The molecule has 2 aromatic rings. The highest BCUT2D eigenvalue weighted by Crippen LogP contribution is 2.36. The van der Waals surface area contributed by atoms with Gasteiger partial charge in [0.15, 0.2) is 5.82 Å². The van der Waals surface area contributed by atoms with Gasteiger partial charge in [-0.05, 0) is 24.1 Å². The second-order valence-electron chi connectivity index (χ2n) is 7.09. The zero-order chi connectivity index (χ0) is 20.7. The molecule has 29 heavy (non-hydrogen) atoms. The number of carboxylic acid groups (broad SMARTS) is 1. The van der Waals surface area contributed by atoms with Crippen LogP contribution >= 0.6 is 0 Å². The van der Waals surface area contributed by atoms with Crippen molar-refractivity contribution in [2.45, 2.75) is 32.4 Å². The average Bonchev–Trinajstić information content (AvgIpc) is 3.21. The van der Waals surface area contributed by atoms with Crippen molar-refractivity contribution in [1.29, 1.82) is 0 Å². The quantitative estimate of drug-likeness (QED) is 0.819. The van der Waals surface area contributed by atoms with Crippen molar-refractivity contribution in [2.75, 3.05) is 18.1 Å². The number of alkyl halides is 2. The van der Waals surface area contributed by atoms with Crippen LogP contribution in [0.25, 0.3) is 11.4 Å². The summed E-state index contributed by atoms with van der Waals surface area (Å²) in [5, 5.41) is 9.10. The molecule has 1 amide bonds. The summed E-state index contributed by atoms with van der Waals surface area (Å²) in [6, 6.07) is 3.94. The molecule has 1 fully saturated rings. The number of ether oxygens (including phenoxy) is 2. The van der Waals surface area contributed by atoms with Crippen LogP contribution in [0.1, 0.15) is 12.5 Å². The van der Waals surface area contributed by atoms with Crippen LogP contribution in [0.4, 0.5) is 19.4 Å². The number of aromatic nitrogens is 2. The Balaban J connectivity index is 1.68. The average molecular weight is 407 g/mol. The molecule has 1 aromatic heterocycles. The fourth-order valence-corrected chi connectivity index (χ4v) is 3.48. The van der Waals surface area contributed by atoms with E-state index in [1.54, 1.807) is 29.7 Å².